The number of hydrogen-bond donors (Lipinski definition) is 1. The Balaban J connectivity index is 2.09. The first kappa shape index (κ1) is 13.3. The van der Waals surface area contributed by atoms with Crippen molar-refractivity contribution < 1.29 is 19.4 Å². The summed E-state index contributed by atoms with van der Waals surface area (Å²) < 4.78 is 11.4. The molecule has 0 saturated heterocycles. The third-order valence-electron chi connectivity index (χ3n) is 4.48. The molecule has 1 aromatic rings. The zero-order valence-electron chi connectivity index (χ0n) is 11.8. The van der Waals surface area contributed by atoms with Gasteiger partial charge in [0.05, 0.1) is 18.6 Å². The fraction of sp³-hybridized carbons (Fsp3) is 0.562. The maximum absolute atomic E-state index is 11.8. The molecule has 0 aromatic heterocycles. The van der Waals surface area contributed by atoms with Gasteiger partial charge < -0.3 is 14.6 Å². The molecule has 1 N–H and O–H groups in total. The maximum atomic E-state index is 11.8. The van der Waals surface area contributed by atoms with Gasteiger partial charge in [-0.15, -0.1) is 0 Å². The van der Waals surface area contributed by atoms with Crippen molar-refractivity contribution in [2.24, 2.45) is 0 Å². The van der Waals surface area contributed by atoms with Crippen LogP contribution in [-0.2, 0) is 10.2 Å². The lowest BCUT2D eigenvalue weighted by molar-refractivity contribution is -0.143. The lowest BCUT2D eigenvalue weighted by Crippen LogP contribution is -2.33. The van der Waals surface area contributed by atoms with Crippen LogP contribution in [0.5, 0.6) is 11.5 Å². The smallest absolute Gasteiger partial charge is 0.314 e. The quantitative estimate of drug-likeness (QED) is 0.902. The molecule has 0 unspecified atom stereocenters. The Morgan fingerprint density at radius 3 is 2.30 bits per heavy atom. The average Bonchev–Trinajstić information content (AvgIpc) is 2.80. The summed E-state index contributed by atoms with van der Waals surface area (Å²) in [6.07, 6.45) is 4.22. The Labute approximate surface area is 118 Å². The summed E-state index contributed by atoms with van der Waals surface area (Å²) in [7, 11) is 0. The number of carboxylic acids is 1. The van der Waals surface area contributed by atoms with Gasteiger partial charge in [0, 0.05) is 6.42 Å². The Kier molecular flexibility index (Phi) is 3.32. The van der Waals surface area contributed by atoms with Crippen molar-refractivity contribution >= 4 is 5.97 Å². The fourth-order valence-electron chi connectivity index (χ4n) is 3.40. The number of carboxylic acid groups (broad SMARTS) is 1. The summed E-state index contributed by atoms with van der Waals surface area (Å²) in [5, 5.41) is 9.73. The second kappa shape index (κ2) is 5.00. The molecule has 0 spiro atoms. The molecule has 1 aliphatic heterocycles. The lowest BCUT2D eigenvalue weighted by atomic mass is 9.77. The van der Waals surface area contributed by atoms with Crippen LogP contribution >= 0.6 is 0 Å². The van der Waals surface area contributed by atoms with Gasteiger partial charge in [0.15, 0.2) is 11.5 Å². The van der Waals surface area contributed by atoms with Crippen LogP contribution < -0.4 is 9.47 Å². The van der Waals surface area contributed by atoms with E-state index in [1.165, 1.54) is 0 Å². The zero-order valence-corrected chi connectivity index (χ0v) is 11.8. The molecule has 1 heterocycles. The van der Waals surface area contributed by atoms with Gasteiger partial charge >= 0.3 is 5.97 Å². The van der Waals surface area contributed by atoms with E-state index in [2.05, 4.69) is 0 Å². The first-order chi connectivity index (χ1) is 9.63. The van der Waals surface area contributed by atoms with Crippen molar-refractivity contribution in [2.45, 2.75) is 44.4 Å². The van der Waals surface area contributed by atoms with Crippen LogP contribution in [0, 0.1) is 6.92 Å². The van der Waals surface area contributed by atoms with E-state index in [1.807, 2.05) is 19.1 Å². The first-order valence-electron chi connectivity index (χ1n) is 7.28. The number of hydrogen-bond acceptors (Lipinski definition) is 3. The molecule has 0 radical (unpaired) electrons. The molecule has 3 rings (SSSR count). The Hall–Kier alpha value is -1.71. The molecule has 1 saturated carbocycles. The Bertz CT molecular complexity index is 530. The average molecular weight is 276 g/mol. The predicted octanol–water partition coefficient (Wildman–Crippen LogP) is 3.05. The van der Waals surface area contributed by atoms with Crippen LogP contribution in [0.2, 0.25) is 0 Å². The van der Waals surface area contributed by atoms with Crippen LogP contribution in [0.1, 0.15) is 43.2 Å². The van der Waals surface area contributed by atoms with E-state index in [-0.39, 0.29) is 0 Å². The summed E-state index contributed by atoms with van der Waals surface area (Å²) in [6, 6.07) is 3.83. The van der Waals surface area contributed by atoms with E-state index in [0.29, 0.717) is 31.8 Å². The number of fused-ring (bicyclic) bond motifs is 1. The van der Waals surface area contributed by atoms with Gasteiger partial charge in [0.1, 0.15) is 0 Å². The maximum Gasteiger partial charge on any atom is 0.314 e. The summed E-state index contributed by atoms with van der Waals surface area (Å²) in [5.74, 6) is 0.713. The van der Waals surface area contributed by atoms with E-state index >= 15 is 0 Å². The number of rotatable bonds is 2. The van der Waals surface area contributed by atoms with Crippen LogP contribution in [-0.4, -0.2) is 24.3 Å². The third kappa shape index (κ3) is 2.03. The molecule has 0 amide bonds. The van der Waals surface area contributed by atoms with Crippen molar-refractivity contribution in [3.05, 3.63) is 23.3 Å². The predicted molar refractivity (Wildman–Crippen MR) is 74.6 cm³/mol. The number of aliphatic carboxylic acids is 1. The molecule has 1 aromatic carbocycles. The van der Waals surface area contributed by atoms with Crippen LogP contribution in [0.3, 0.4) is 0 Å². The van der Waals surface area contributed by atoms with Gasteiger partial charge in [-0.05, 0) is 43.0 Å². The van der Waals surface area contributed by atoms with Crippen LogP contribution in [0.25, 0.3) is 0 Å². The minimum Gasteiger partial charge on any atom is -0.490 e. The first-order valence-corrected chi connectivity index (χ1v) is 7.28. The number of aryl methyl sites for hydroxylation is 1. The molecule has 1 aliphatic carbocycles. The molecule has 1 fully saturated rings. The minimum absolute atomic E-state index is 0.621. The summed E-state index contributed by atoms with van der Waals surface area (Å²) in [4.78, 5) is 11.8. The van der Waals surface area contributed by atoms with Gasteiger partial charge in [-0.2, -0.15) is 0 Å². The minimum atomic E-state index is -0.741. The third-order valence-corrected chi connectivity index (χ3v) is 4.48. The summed E-state index contributed by atoms with van der Waals surface area (Å²) >= 11 is 0. The van der Waals surface area contributed by atoms with E-state index in [4.69, 9.17) is 9.47 Å². The fourth-order valence-corrected chi connectivity index (χ4v) is 3.40. The lowest BCUT2D eigenvalue weighted by Gasteiger charge is -2.27. The molecule has 20 heavy (non-hydrogen) atoms. The molecule has 0 bridgehead atoms. The highest BCUT2D eigenvalue weighted by Crippen LogP contribution is 2.45. The van der Waals surface area contributed by atoms with E-state index in [9.17, 15) is 9.90 Å². The van der Waals surface area contributed by atoms with Gasteiger partial charge in [0.25, 0.3) is 0 Å². The summed E-state index contributed by atoms with van der Waals surface area (Å²) in [5.41, 5.74) is 1.14. The van der Waals surface area contributed by atoms with Crippen molar-refractivity contribution in [3.63, 3.8) is 0 Å². The highest BCUT2D eigenvalue weighted by Gasteiger charge is 2.44. The number of carbonyl (C=O) groups is 1. The highest BCUT2D eigenvalue weighted by atomic mass is 16.5. The number of benzene rings is 1. The highest BCUT2D eigenvalue weighted by molar-refractivity contribution is 5.82. The second-order valence-corrected chi connectivity index (χ2v) is 5.76. The zero-order chi connectivity index (χ0) is 14.2. The van der Waals surface area contributed by atoms with E-state index in [0.717, 1.165) is 36.1 Å². The van der Waals surface area contributed by atoms with Crippen molar-refractivity contribution in [1.82, 2.24) is 0 Å². The van der Waals surface area contributed by atoms with Gasteiger partial charge in [-0.1, -0.05) is 12.8 Å². The van der Waals surface area contributed by atoms with Crippen molar-refractivity contribution in [1.29, 1.82) is 0 Å². The van der Waals surface area contributed by atoms with Gasteiger partial charge in [0.2, 0.25) is 0 Å². The molecular formula is C16H20O4. The molecule has 4 nitrogen and oxygen atoms in total. The SMILES string of the molecule is Cc1cc2c(cc1C1(C(=O)O)CCCC1)OCCCO2. The molecule has 4 heteroatoms. The molecule has 0 atom stereocenters. The van der Waals surface area contributed by atoms with Gasteiger partial charge in [-0.25, -0.2) is 0 Å². The molecular weight excluding hydrogens is 256 g/mol. The topological polar surface area (TPSA) is 55.8 Å². The van der Waals surface area contributed by atoms with Crippen LogP contribution in [0.4, 0.5) is 0 Å². The normalized spacial score (nSPS) is 20.4. The second-order valence-electron chi connectivity index (χ2n) is 5.76. The Morgan fingerprint density at radius 1 is 1.10 bits per heavy atom. The number of ether oxygens (including phenoxy) is 2. The van der Waals surface area contributed by atoms with Crippen molar-refractivity contribution in [2.75, 3.05) is 13.2 Å². The standard InChI is InChI=1S/C16H20O4/c1-11-9-13-14(20-8-4-7-19-13)10-12(11)16(15(17)18)5-2-3-6-16/h9-10H,2-8H2,1H3,(H,17,18). The Morgan fingerprint density at radius 2 is 1.70 bits per heavy atom. The van der Waals surface area contributed by atoms with E-state index < -0.39 is 11.4 Å². The largest absolute Gasteiger partial charge is 0.490 e. The summed E-state index contributed by atoms with van der Waals surface area (Å²) in [6.45, 7) is 3.23. The monoisotopic (exact) mass is 276 g/mol. The van der Waals surface area contributed by atoms with E-state index in [1.54, 1.807) is 0 Å². The van der Waals surface area contributed by atoms with Crippen molar-refractivity contribution in [3.8, 4) is 11.5 Å². The van der Waals surface area contributed by atoms with Crippen LogP contribution in [0.15, 0.2) is 12.1 Å². The van der Waals surface area contributed by atoms with Gasteiger partial charge in [-0.3, -0.25) is 4.79 Å². The molecule has 108 valence electrons. The molecule has 2 aliphatic rings.